The minimum absolute atomic E-state index is 0.0879. The third kappa shape index (κ3) is 2.71. The van der Waals surface area contributed by atoms with Crippen molar-refractivity contribution in [2.24, 2.45) is 0 Å². The predicted molar refractivity (Wildman–Crippen MR) is 95.0 cm³/mol. The summed E-state index contributed by atoms with van der Waals surface area (Å²) in [6, 6.07) is 10.3. The van der Waals surface area contributed by atoms with Crippen LogP contribution in [0.5, 0.6) is 0 Å². The van der Waals surface area contributed by atoms with Gasteiger partial charge in [-0.1, -0.05) is 42.1 Å². The second-order valence-corrected chi connectivity index (χ2v) is 7.33. The highest BCUT2D eigenvalue weighted by molar-refractivity contribution is 7.98. The summed E-state index contributed by atoms with van der Waals surface area (Å²) in [7, 11) is 0. The van der Waals surface area contributed by atoms with Gasteiger partial charge in [-0.3, -0.25) is 9.36 Å². The monoisotopic (exact) mass is 330 g/mol. The molecule has 0 spiro atoms. The summed E-state index contributed by atoms with van der Waals surface area (Å²) in [5, 5.41) is 1.60. The van der Waals surface area contributed by atoms with Gasteiger partial charge in [0.2, 0.25) is 0 Å². The van der Waals surface area contributed by atoms with E-state index in [0.717, 1.165) is 26.7 Å². The van der Waals surface area contributed by atoms with E-state index in [-0.39, 0.29) is 5.56 Å². The summed E-state index contributed by atoms with van der Waals surface area (Å²) >= 11 is 3.24. The topological polar surface area (TPSA) is 34.9 Å². The minimum atomic E-state index is 0.0879. The molecule has 0 atom stereocenters. The summed E-state index contributed by atoms with van der Waals surface area (Å²) in [6.07, 6.45) is 0. The molecule has 0 unspecified atom stereocenters. The van der Waals surface area contributed by atoms with E-state index in [1.54, 1.807) is 27.7 Å². The first kappa shape index (κ1) is 15.3. The minimum Gasteiger partial charge on any atom is -0.287 e. The zero-order valence-electron chi connectivity index (χ0n) is 12.9. The molecule has 22 heavy (non-hydrogen) atoms. The first-order valence-electron chi connectivity index (χ1n) is 7.29. The van der Waals surface area contributed by atoms with Crippen molar-refractivity contribution in [3.63, 3.8) is 0 Å². The van der Waals surface area contributed by atoms with Crippen molar-refractivity contribution in [2.45, 2.75) is 38.2 Å². The SMILES string of the molecule is CCn1c(SCc2ccccc2)nc2sc(C)c(C)c2c1=O. The maximum atomic E-state index is 12.7. The van der Waals surface area contributed by atoms with Gasteiger partial charge in [-0.15, -0.1) is 11.3 Å². The fraction of sp³-hybridized carbons (Fsp3) is 0.294. The Kier molecular flexibility index (Phi) is 4.36. The molecule has 5 heteroatoms. The number of fused-ring (bicyclic) bond motifs is 1. The molecule has 0 N–H and O–H groups in total. The number of hydrogen-bond acceptors (Lipinski definition) is 4. The molecule has 3 rings (SSSR count). The zero-order chi connectivity index (χ0) is 15.7. The molecule has 2 aromatic heterocycles. The predicted octanol–water partition coefficient (Wildman–Crippen LogP) is 4.39. The van der Waals surface area contributed by atoms with Gasteiger partial charge in [-0.2, -0.15) is 0 Å². The van der Waals surface area contributed by atoms with Gasteiger partial charge in [-0.25, -0.2) is 4.98 Å². The smallest absolute Gasteiger partial charge is 0.263 e. The van der Waals surface area contributed by atoms with E-state index in [1.807, 2.05) is 39.0 Å². The number of nitrogens with zero attached hydrogens (tertiary/aromatic N) is 2. The highest BCUT2D eigenvalue weighted by atomic mass is 32.2. The van der Waals surface area contributed by atoms with E-state index in [2.05, 4.69) is 12.1 Å². The van der Waals surface area contributed by atoms with E-state index in [0.29, 0.717) is 6.54 Å². The van der Waals surface area contributed by atoms with Crippen molar-refractivity contribution >= 4 is 33.3 Å². The molecule has 0 fully saturated rings. The summed E-state index contributed by atoms with van der Waals surface area (Å²) in [5.41, 5.74) is 2.40. The Morgan fingerprint density at radius 3 is 2.64 bits per heavy atom. The van der Waals surface area contributed by atoms with Crippen molar-refractivity contribution in [1.29, 1.82) is 0 Å². The lowest BCUT2D eigenvalue weighted by Crippen LogP contribution is -2.22. The van der Waals surface area contributed by atoms with E-state index in [9.17, 15) is 4.79 Å². The van der Waals surface area contributed by atoms with Crippen LogP contribution in [-0.4, -0.2) is 9.55 Å². The second-order valence-electron chi connectivity index (χ2n) is 5.18. The largest absolute Gasteiger partial charge is 0.287 e. The van der Waals surface area contributed by atoms with Crippen LogP contribution in [0.2, 0.25) is 0 Å². The Hall–Kier alpha value is -1.59. The number of aromatic nitrogens is 2. The van der Waals surface area contributed by atoms with Gasteiger partial charge in [0.1, 0.15) is 4.83 Å². The van der Waals surface area contributed by atoms with E-state index in [1.165, 1.54) is 10.4 Å². The number of benzene rings is 1. The van der Waals surface area contributed by atoms with Gasteiger partial charge in [0.15, 0.2) is 5.16 Å². The standard InChI is InChI=1S/C17H18N2OS2/c1-4-19-16(20)14-11(2)12(3)22-15(14)18-17(19)21-10-13-8-6-5-7-9-13/h5-9H,4,10H2,1-3H3. The fourth-order valence-electron chi connectivity index (χ4n) is 2.42. The molecule has 0 saturated heterocycles. The number of aryl methyl sites for hydroxylation is 2. The molecule has 0 radical (unpaired) electrons. The molecule has 0 aliphatic heterocycles. The molecule has 0 aliphatic rings. The normalized spacial score (nSPS) is 11.2. The third-order valence-corrected chi connectivity index (χ3v) is 5.93. The Labute approximate surface area is 138 Å². The van der Waals surface area contributed by atoms with E-state index < -0.39 is 0 Å². The quantitative estimate of drug-likeness (QED) is 0.526. The number of thioether (sulfide) groups is 1. The van der Waals surface area contributed by atoms with Crippen LogP contribution in [0.15, 0.2) is 40.3 Å². The van der Waals surface area contributed by atoms with Gasteiger partial charge in [-0.05, 0) is 31.9 Å². The van der Waals surface area contributed by atoms with Gasteiger partial charge >= 0.3 is 0 Å². The van der Waals surface area contributed by atoms with Gasteiger partial charge in [0, 0.05) is 17.2 Å². The van der Waals surface area contributed by atoms with Crippen molar-refractivity contribution in [2.75, 3.05) is 0 Å². The van der Waals surface area contributed by atoms with Crippen molar-refractivity contribution in [1.82, 2.24) is 9.55 Å². The average molecular weight is 330 g/mol. The van der Waals surface area contributed by atoms with E-state index in [4.69, 9.17) is 4.98 Å². The van der Waals surface area contributed by atoms with Crippen LogP contribution in [0.25, 0.3) is 10.2 Å². The van der Waals surface area contributed by atoms with Crippen molar-refractivity contribution in [3.8, 4) is 0 Å². The molecular weight excluding hydrogens is 312 g/mol. The lowest BCUT2D eigenvalue weighted by Gasteiger charge is -2.10. The third-order valence-electron chi connectivity index (χ3n) is 3.78. The summed E-state index contributed by atoms with van der Waals surface area (Å²) < 4.78 is 1.79. The molecule has 0 saturated carbocycles. The van der Waals surface area contributed by atoms with Gasteiger partial charge < -0.3 is 0 Å². The van der Waals surface area contributed by atoms with Crippen LogP contribution in [-0.2, 0) is 12.3 Å². The molecule has 0 aliphatic carbocycles. The molecule has 3 nitrogen and oxygen atoms in total. The molecular formula is C17H18N2OS2. The molecule has 2 heterocycles. The fourth-order valence-corrected chi connectivity index (χ4v) is 4.51. The van der Waals surface area contributed by atoms with Crippen molar-refractivity contribution < 1.29 is 0 Å². The first-order valence-corrected chi connectivity index (χ1v) is 9.09. The van der Waals surface area contributed by atoms with Gasteiger partial charge in [0.05, 0.1) is 5.39 Å². The van der Waals surface area contributed by atoms with Gasteiger partial charge in [0.25, 0.3) is 5.56 Å². The molecule has 1 aromatic carbocycles. The number of thiophene rings is 1. The summed E-state index contributed by atoms with van der Waals surface area (Å²) in [4.78, 5) is 19.5. The molecule has 114 valence electrons. The second kappa shape index (κ2) is 6.26. The Morgan fingerprint density at radius 1 is 1.23 bits per heavy atom. The maximum Gasteiger partial charge on any atom is 0.263 e. The van der Waals surface area contributed by atoms with Crippen LogP contribution < -0.4 is 5.56 Å². The molecule has 0 bridgehead atoms. The van der Waals surface area contributed by atoms with Crippen LogP contribution in [0.1, 0.15) is 22.9 Å². The zero-order valence-corrected chi connectivity index (χ0v) is 14.6. The Morgan fingerprint density at radius 2 is 1.95 bits per heavy atom. The highest BCUT2D eigenvalue weighted by Crippen LogP contribution is 2.29. The maximum absolute atomic E-state index is 12.7. The van der Waals surface area contributed by atoms with Crippen LogP contribution in [0, 0.1) is 13.8 Å². The summed E-state index contributed by atoms with van der Waals surface area (Å²) in [5.74, 6) is 0.822. The lowest BCUT2D eigenvalue weighted by molar-refractivity contribution is 0.635. The Bertz CT molecular complexity index is 866. The highest BCUT2D eigenvalue weighted by Gasteiger charge is 2.15. The van der Waals surface area contributed by atoms with Crippen LogP contribution >= 0.6 is 23.1 Å². The lowest BCUT2D eigenvalue weighted by atomic mass is 10.2. The van der Waals surface area contributed by atoms with E-state index >= 15 is 0 Å². The van der Waals surface area contributed by atoms with Crippen LogP contribution in [0.4, 0.5) is 0 Å². The average Bonchev–Trinajstić information content (AvgIpc) is 2.81. The molecule has 0 amide bonds. The molecule has 3 aromatic rings. The first-order chi connectivity index (χ1) is 10.6. The van der Waals surface area contributed by atoms with Crippen LogP contribution in [0.3, 0.4) is 0 Å². The number of hydrogen-bond donors (Lipinski definition) is 0. The Balaban J connectivity index is 2.04. The number of rotatable bonds is 4. The summed E-state index contributed by atoms with van der Waals surface area (Å²) in [6.45, 7) is 6.70. The van der Waals surface area contributed by atoms with Crippen molar-refractivity contribution in [3.05, 3.63) is 56.7 Å².